The summed E-state index contributed by atoms with van der Waals surface area (Å²) in [4.78, 5) is 38.3. The van der Waals surface area contributed by atoms with Gasteiger partial charge in [0.05, 0.1) is 36.9 Å². The molecule has 280 valence electrons. The second kappa shape index (κ2) is 18.6. The Hall–Kier alpha value is -1.63. The first kappa shape index (κ1) is 42.5. The molecule has 0 bridgehead atoms. The molecule has 2 aliphatic heterocycles. The lowest BCUT2D eigenvalue weighted by molar-refractivity contribution is -0.338. The maximum atomic E-state index is 12.7. The molecule has 1 N–H and O–H groups in total. The van der Waals surface area contributed by atoms with E-state index >= 15 is 0 Å². The summed E-state index contributed by atoms with van der Waals surface area (Å²) in [6.07, 6.45) is -1.66. The molecule has 2 heterocycles. The minimum atomic E-state index is -1.01. The van der Waals surface area contributed by atoms with Crippen LogP contribution in [0.25, 0.3) is 0 Å². The third-order valence-corrected chi connectivity index (χ3v) is 10.9. The number of carbonyl (C=O) groups is 3. The van der Waals surface area contributed by atoms with E-state index < -0.39 is 67.0 Å². The number of esters is 1. The molecule has 11 heteroatoms. The van der Waals surface area contributed by atoms with Crippen molar-refractivity contribution in [1.82, 2.24) is 4.90 Å². The van der Waals surface area contributed by atoms with Crippen molar-refractivity contribution in [3.05, 3.63) is 0 Å². The SMILES string of the molecule is CO[C@H]([C@@H](O[C@@H]1O[C@H](C)C(O[C@H]2CC(C)(C)C(C)[C@H](C)O2)C(N(C)C)C1OC(C)=O)[C@@H](CC(C)C)C[C@@H](C)[C@@H](C)C=O)[C@H](C)CC(=O)O. The van der Waals surface area contributed by atoms with Gasteiger partial charge in [-0.2, -0.15) is 0 Å². The Balaban J connectivity index is 2.59. The van der Waals surface area contributed by atoms with E-state index in [2.05, 4.69) is 41.5 Å². The van der Waals surface area contributed by atoms with E-state index in [1.807, 2.05) is 46.7 Å². The number of carboxylic acid groups (broad SMARTS) is 1. The average Bonchev–Trinajstić information content (AvgIpc) is 2.95. The molecule has 0 amide bonds. The molecule has 2 fully saturated rings. The highest BCUT2D eigenvalue weighted by atomic mass is 16.7. The minimum Gasteiger partial charge on any atom is -0.481 e. The van der Waals surface area contributed by atoms with E-state index in [4.69, 9.17) is 28.4 Å². The minimum absolute atomic E-state index is 0.00142. The van der Waals surface area contributed by atoms with E-state index in [1.165, 1.54) is 6.92 Å². The van der Waals surface area contributed by atoms with E-state index in [1.54, 1.807) is 7.11 Å². The number of likely N-dealkylation sites (N-methyl/N-ethyl adjacent to an activating group) is 1. The van der Waals surface area contributed by atoms with E-state index in [0.717, 1.165) is 12.7 Å². The van der Waals surface area contributed by atoms with Crippen molar-refractivity contribution < 1.29 is 47.9 Å². The fourth-order valence-corrected chi connectivity index (χ4v) is 7.60. The van der Waals surface area contributed by atoms with Gasteiger partial charge in [0, 0.05) is 26.4 Å². The Bertz CT molecular complexity index is 1020. The number of hydrogen-bond acceptors (Lipinski definition) is 10. The van der Waals surface area contributed by atoms with Crippen LogP contribution in [0, 0.1) is 40.9 Å². The highest BCUT2D eigenvalue weighted by Gasteiger charge is 2.52. The molecule has 2 rings (SSSR count). The summed E-state index contributed by atoms with van der Waals surface area (Å²) in [6.45, 7) is 22.1. The predicted octanol–water partition coefficient (Wildman–Crippen LogP) is 5.81. The van der Waals surface area contributed by atoms with Crippen molar-refractivity contribution in [1.29, 1.82) is 0 Å². The number of ether oxygens (including phenoxy) is 6. The molecule has 11 nitrogen and oxygen atoms in total. The lowest BCUT2D eigenvalue weighted by Gasteiger charge is -2.51. The maximum Gasteiger partial charge on any atom is 0.303 e. The van der Waals surface area contributed by atoms with Crippen molar-refractivity contribution in [3.8, 4) is 0 Å². The van der Waals surface area contributed by atoms with Crippen LogP contribution in [-0.4, -0.2) is 105 Å². The number of aliphatic carboxylic acids is 1. The molecule has 0 spiro atoms. The fraction of sp³-hybridized carbons (Fsp3) is 0.919. The zero-order chi connectivity index (χ0) is 36.7. The highest BCUT2D eigenvalue weighted by molar-refractivity contribution is 5.67. The van der Waals surface area contributed by atoms with Gasteiger partial charge in [-0.15, -0.1) is 0 Å². The number of carbonyl (C=O) groups excluding carboxylic acids is 2. The number of carboxylic acids is 1. The van der Waals surface area contributed by atoms with Gasteiger partial charge in [-0.1, -0.05) is 55.4 Å². The summed E-state index contributed by atoms with van der Waals surface area (Å²) in [6, 6.07) is -0.459. The standard InChI is InChI=1S/C37H67NO10/c1-20(2)15-28(16-21(3)23(5)19-39)34(32(43-14)22(4)17-29(41)42)48-36-35(46-27(9)40)31(38(12)13)33(26(8)45-36)47-30-18-37(10,11)24(6)25(7)44-30/h19-26,28,30-36H,15-18H2,1-14H3,(H,41,42)/t21-,22-,23+,24?,25+,26-,28+,30+,31?,32+,33?,34+,35?,36+/m1/s1. The van der Waals surface area contributed by atoms with Gasteiger partial charge in [0.25, 0.3) is 0 Å². The van der Waals surface area contributed by atoms with Crippen molar-refractivity contribution in [2.24, 2.45) is 40.9 Å². The summed E-state index contributed by atoms with van der Waals surface area (Å²) in [5.41, 5.74) is -0.00537. The summed E-state index contributed by atoms with van der Waals surface area (Å²) in [5.74, 6) is -1.45. The molecule has 2 saturated heterocycles. The van der Waals surface area contributed by atoms with Gasteiger partial charge in [-0.3, -0.25) is 9.59 Å². The molecule has 0 aromatic rings. The van der Waals surface area contributed by atoms with Gasteiger partial charge in [-0.05, 0) is 75.8 Å². The largest absolute Gasteiger partial charge is 0.481 e. The summed E-state index contributed by atoms with van der Waals surface area (Å²) < 4.78 is 38.7. The smallest absolute Gasteiger partial charge is 0.303 e. The molecule has 0 radical (unpaired) electrons. The first-order chi connectivity index (χ1) is 22.2. The molecule has 2 aliphatic rings. The van der Waals surface area contributed by atoms with Crippen LogP contribution in [0.15, 0.2) is 0 Å². The molecule has 4 unspecified atom stereocenters. The van der Waals surface area contributed by atoms with Crippen LogP contribution in [0.4, 0.5) is 0 Å². The number of nitrogens with zero attached hydrogens (tertiary/aromatic N) is 1. The molecule has 14 atom stereocenters. The lowest BCUT2D eigenvalue weighted by Crippen LogP contribution is -2.66. The van der Waals surface area contributed by atoms with E-state index in [9.17, 15) is 19.5 Å². The summed E-state index contributed by atoms with van der Waals surface area (Å²) >= 11 is 0. The molecular weight excluding hydrogens is 618 g/mol. The first-order valence-corrected chi connectivity index (χ1v) is 17.9. The molecule has 0 saturated carbocycles. The van der Waals surface area contributed by atoms with Gasteiger partial charge in [0.2, 0.25) is 0 Å². The number of methoxy groups -OCH3 is 1. The van der Waals surface area contributed by atoms with Gasteiger partial charge in [0.15, 0.2) is 18.7 Å². The summed E-state index contributed by atoms with van der Waals surface area (Å²) in [7, 11) is 5.39. The van der Waals surface area contributed by atoms with Crippen molar-refractivity contribution in [3.63, 3.8) is 0 Å². The number of hydrogen-bond donors (Lipinski definition) is 1. The van der Waals surface area contributed by atoms with Crippen molar-refractivity contribution >= 4 is 18.2 Å². The fourth-order valence-electron chi connectivity index (χ4n) is 7.60. The molecule has 0 aromatic heterocycles. The van der Waals surface area contributed by atoms with Crippen molar-refractivity contribution in [2.45, 2.75) is 157 Å². The van der Waals surface area contributed by atoms with Crippen molar-refractivity contribution in [2.75, 3.05) is 21.2 Å². The first-order valence-electron chi connectivity index (χ1n) is 17.9. The lowest BCUT2D eigenvalue weighted by atomic mass is 9.73. The van der Waals surface area contributed by atoms with E-state index in [0.29, 0.717) is 18.8 Å². The number of aldehydes is 1. The van der Waals surface area contributed by atoms with Crippen LogP contribution in [0.1, 0.15) is 102 Å². The average molecular weight is 686 g/mol. The topological polar surface area (TPSA) is 130 Å². The Kier molecular flexibility index (Phi) is 16.4. The monoisotopic (exact) mass is 685 g/mol. The Morgan fingerprint density at radius 1 is 0.958 bits per heavy atom. The predicted molar refractivity (Wildman–Crippen MR) is 183 cm³/mol. The quantitative estimate of drug-likeness (QED) is 0.139. The van der Waals surface area contributed by atoms with Gasteiger partial charge >= 0.3 is 11.9 Å². The maximum absolute atomic E-state index is 12.7. The second-order valence-corrected chi connectivity index (χ2v) is 16.1. The Morgan fingerprint density at radius 3 is 2.06 bits per heavy atom. The van der Waals surface area contributed by atoms with E-state index in [-0.39, 0.29) is 41.6 Å². The Labute approximate surface area is 290 Å². The molecule has 0 aromatic carbocycles. The highest BCUT2D eigenvalue weighted by Crippen LogP contribution is 2.43. The van der Waals surface area contributed by atoms with Crippen LogP contribution in [0.5, 0.6) is 0 Å². The third-order valence-electron chi connectivity index (χ3n) is 10.9. The normalized spacial score (nSPS) is 33.0. The summed E-state index contributed by atoms with van der Waals surface area (Å²) in [5, 5.41) is 9.72. The Morgan fingerprint density at radius 2 is 1.58 bits per heavy atom. The van der Waals surface area contributed by atoms with Crippen LogP contribution < -0.4 is 0 Å². The second-order valence-electron chi connectivity index (χ2n) is 16.1. The van der Waals surface area contributed by atoms with Crippen LogP contribution in [0.2, 0.25) is 0 Å². The molecular formula is C37H67NO10. The van der Waals surface area contributed by atoms with Crippen LogP contribution >= 0.6 is 0 Å². The van der Waals surface area contributed by atoms with Gasteiger partial charge in [-0.25, -0.2) is 0 Å². The zero-order valence-corrected chi connectivity index (χ0v) is 32.1. The van der Waals surface area contributed by atoms with Crippen LogP contribution in [-0.2, 0) is 42.8 Å². The third kappa shape index (κ3) is 11.5. The molecule has 48 heavy (non-hydrogen) atoms. The molecule has 0 aliphatic carbocycles. The van der Waals surface area contributed by atoms with Gasteiger partial charge < -0.3 is 43.2 Å². The number of rotatable bonds is 18. The zero-order valence-electron chi connectivity index (χ0n) is 32.1. The van der Waals surface area contributed by atoms with Crippen LogP contribution in [0.3, 0.4) is 0 Å². The van der Waals surface area contributed by atoms with Gasteiger partial charge in [0.1, 0.15) is 12.4 Å².